The zero-order chi connectivity index (χ0) is 13.9. The average Bonchev–Trinajstić information content (AvgIpc) is 2.77. The molecule has 2 N–H and O–H groups in total. The molecule has 2 atom stereocenters. The number of pyridine rings is 1. The highest BCUT2D eigenvalue weighted by Crippen LogP contribution is 2.38. The molecule has 104 valence electrons. The van der Waals surface area contributed by atoms with Gasteiger partial charge in [-0.05, 0) is 44.4 Å². The maximum absolute atomic E-state index is 12.7. The van der Waals surface area contributed by atoms with Crippen molar-refractivity contribution in [3.8, 4) is 0 Å². The number of nitrogens with two attached hydrogens (primary N) is 1. The predicted molar refractivity (Wildman–Crippen MR) is 75.3 cm³/mol. The first-order chi connectivity index (χ1) is 9.08. The largest absolute Gasteiger partial charge is 0.338 e. The van der Waals surface area contributed by atoms with Crippen LogP contribution in [0.25, 0.3) is 0 Å². The van der Waals surface area contributed by atoms with Crippen LogP contribution < -0.4 is 5.73 Å². The third-order valence-electron chi connectivity index (χ3n) is 4.31. The third kappa shape index (κ3) is 2.78. The van der Waals surface area contributed by atoms with Crippen molar-refractivity contribution >= 4 is 5.91 Å². The highest BCUT2D eigenvalue weighted by molar-refractivity contribution is 5.83. The van der Waals surface area contributed by atoms with E-state index in [0.717, 1.165) is 24.8 Å². The van der Waals surface area contributed by atoms with Gasteiger partial charge in [-0.1, -0.05) is 6.42 Å². The molecule has 1 aromatic rings. The fourth-order valence-corrected chi connectivity index (χ4v) is 2.86. The van der Waals surface area contributed by atoms with Crippen molar-refractivity contribution < 1.29 is 4.79 Å². The Balaban J connectivity index is 2.11. The van der Waals surface area contributed by atoms with Crippen LogP contribution >= 0.6 is 0 Å². The summed E-state index contributed by atoms with van der Waals surface area (Å²) in [4.78, 5) is 18.6. The summed E-state index contributed by atoms with van der Waals surface area (Å²) < 4.78 is 0. The van der Waals surface area contributed by atoms with Crippen LogP contribution in [0.1, 0.15) is 38.7 Å². The molecule has 4 nitrogen and oxygen atoms in total. The summed E-state index contributed by atoms with van der Waals surface area (Å²) in [5.74, 6) is 0.191. The Morgan fingerprint density at radius 3 is 2.74 bits per heavy atom. The molecule has 1 amide bonds. The van der Waals surface area contributed by atoms with E-state index in [1.54, 1.807) is 12.4 Å². The number of amides is 1. The van der Waals surface area contributed by atoms with E-state index in [1.807, 2.05) is 30.9 Å². The third-order valence-corrected chi connectivity index (χ3v) is 4.31. The van der Waals surface area contributed by atoms with Gasteiger partial charge in [-0.3, -0.25) is 9.78 Å². The lowest BCUT2D eigenvalue weighted by Crippen LogP contribution is -2.48. The number of hydrogen-bond donors (Lipinski definition) is 1. The fourth-order valence-electron chi connectivity index (χ4n) is 2.86. The SMILES string of the molecule is CCN(Cc1ccncc1)C(=O)C1(C)CCCC1N. The summed E-state index contributed by atoms with van der Waals surface area (Å²) in [6.07, 6.45) is 6.43. The average molecular weight is 261 g/mol. The Bertz CT molecular complexity index is 434. The maximum Gasteiger partial charge on any atom is 0.230 e. The molecule has 0 aliphatic heterocycles. The van der Waals surface area contributed by atoms with E-state index in [1.165, 1.54) is 0 Å². The second kappa shape index (κ2) is 5.70. The number of hydrogen-bond acceptors (Lipinski definition) is 3. The molecule has 1 fully saturated rings. The van der Waals surface area contributed by atoms with Gasteiger partial charge in [-0.15, -0.1) is 0 Å². The van der Waals surface area contributed by atoms with Gasteiger partial charge in [-0.2, -0.15) is 0 Å². The van der Waals surface area contributed by atoms with Crippen LogP contribution in [-0.4, -0.2) is 28.4 Å². The van der Waals surface area contributed by atoms with Crippen molar-refractivity contribution in [3.63, 3.8) is 0 Å². The van der Waals surface area contributed by atoms with Crippen molar-refractivity contribution in [1.29, 1.82) is 0 Å². The van der Waals surface area contributed by atoms with Gasteiger partial charge in [-0.25, -0.2) is 0 Å². The van der Waals surface area contributed by atoms with Crippen molar-refractivity contribution in [2.75, 3.05) is 6.54 Å². The van der Waals surface area contributed by atoms with E-state index in [-0.39, 0.29) is 17.4 Å². The molecule has 1 heterocycles. The molecule has 1 saturated carbocycles. The monoisotopic (exact) mass is 261 g/mol. The van der Waals surface area contributed by atoms with Gasteiger partial charge in [0.25, 0.3) is 0 Å². The summed E-state index contributed by atoms with van der Waals surface area (Å²) in [7, 11) is 0. The molecule has 2 rings (SSSR count). The molecule has 2 unspecified atom stereocenters. The van der Waals surface area contributed by atoms with Crippen LogP contribution in [-0.2, 0) is 11.3 Å². The minimum absolute atomic E-state index is 0.00788. The molecular weight excluding hydrogens is 238 g/mol. The Morgan fingerprint density at radius 2 is 2.21 bits per heavy atom. The molecule has 1 aliphatic carbocycles. The number of carbonyl (C=O) groups excluding carboxylic acids is 1. The van der Waals surface area contributed by atoms with E-state index < -0.39 is 0 Å². The molecule has 4 heteroatoms. The minimum Gasteiger partial charge on any atom is -0.338 e. The first-order valence-electron chi connectivity index (χ1n) is 7.02. The van der Waals surface area contributed by atoms with E-state index in [0.29, 0.717) is 13.1 Å². The van der Waals surface area contributed by atoms with Gasteiger partial charge in [0.05, 0.1) is 5.41 Å². The number of nitrogens with zero attached hydrogens (tertiary/aromatic N) is 2. The molecular formula is C15H23N3O. The standard InChI is InChI=1S/C15H23N3O/c1-3-18(11-12-6-9-17-10-7-12)14(19)15(2)8-4-5-13(15)16/h6-7,9-10,13H,3-5,8,11,16H2,1-2H3. The highest BCUT2D eigenvalue weighted by atomic mass is 16.2. The van der Waals surface area contributed by atoms with Crippen molar-refractivity contribution in [2.45, 2.75) is 45.7 Å². The summed E-state index contributed by atoms with van der Waals surface area (Å²) in [6, 6.07) is 3.89. The summed E-state index contributed by atoms with van der Waals surface area (Å²) in [6.45, 7) is 5.38. The van der Waals surface area contributed by atoms with Crippen LogP contribution in [0.3, 0.4) is 0 Å². The predicted octanol–water partition coefficient (Wildman–Crippen LogP) is 1.95. The van der Waals surface area contributed by atoms with E-state index in [9.17, 15) is 4.79 Å². The van der Waals surface area contributed by atoms with Crippen LogP contribution in [0.2, 0.25) is 0 Å². The number of rotatable bonds is 4. The molecule has 1 aliphatic rings. The van der Waals surface area contributed by atoms with Crippen LogP contribution in [0.15, 0.2) is 24.5 Å². The Kier molecular flexibility index (Phi) is 4.20. The summed E-state index contributed by atoms with van der Waals surface area (Å²) in [5, 5.41) is 0. The first-order valence-corrected chi connectivity index (χ1v) is 7.02. The van der Waals surface area contributed by atoms with Gasteiger partial charge in [0.2, 0.25) is 5.91 Å². The first kappa shape index (κ1) is 14.0. The Labute approximate surface area is 115 Å². The maximum atomic E-state index is 12.7. The molecule has 0 spiro atoms. The van der Waals surface area contributed by atoms with Gasteiger partial charge < -0.3 is 10.6 Å². The highest BCUT2D eigenvalue weighted by Gasteiger charge is 2.44. The fraction of sp³-hybridized carbons (Fsp3) is 0.600. The smallest absolute Gasteiger partial charge is 0.230 e. The number of carbonyl (C=O) groups is 1. The van der Waals surface area contributed by atoms with Gasteiger partial charge in [0.15, 0.2) is 0 Å². The van der Waals surface area contributed by atoms with Crippen LogP contribution in [0, 0.1) is 5.41 Å². The normalized spacial score (nSPS) is 26.4. The molecule has 0 bridgehead atoms. The second-order valence-corrected chi connectivity index (χ2v) is 5.59. The lowest BCUT2D eigenvalue weighted by Gasteiger charge is -2.34. The van der Waals surface area contributed by atoms with Crippen LogP contribution in [0.5, 0.6) is 0 Å². The lowest BCUT2D eigenvalue weighted by molar-refractivity contribution is -0.142. The molecule has 0 aromatic carbocycles. The second-order valence-electron chi connectivity index (χ2n) is 5.59. The summed E-state index contributed by atoms with van der Waals surface area (Å²) >= 11 is 0. The van der Waals surface area contributed by atoms with Gasteiger partial charge in [0, 0.05) is 31.5 Å². The topological polar surface area (TPSA) is 59.2 Å². The van der Waals surface area contributed by atoms with Crippen LogP contribution in [0.4, 0.5) is 0 Å². The van der Waals surface area contributed by atoms with Crippen molar-refractivity contribution in [1.82, 2.24) is 9.88 Å². The molecule has 0 radical (unpaired) electrons. The zero-order valence-corrected chi connectivity index (χ0v) is 11.8. The van der Waals surface area contributed by atoms with Crippen molar-refractivity contribution in [2.24, 2.45) is 11.1 Å². The Morgan fingerprint density at radius 1 is 1.53 bits per heavy atom. The van der Waals surface area contributed by atoms with Gasteiger partial charge >= 0.3 is 0 Å². The minimum atomic E-state index is -0.386. The van der Waals surface area contributed by atoms with Crippen molar-refractivity contribution in [3.05, 3.63) is 30.1 Å². The molecule has 0 saturated heterocycles. The number of aromatic nitrogens is 1. The zero-order valence-electron chi connectivity index (χ0n) is 11.8. The quantitative estimate of drug-likeness (QED) is 0.901. The molecule has 19 heavy (non-hydrogen) atoms. The Hall–Kier alpha value is -1.42. The van der Waals surface area contributed by atoms with E-state index in [2.05, 4.69) is 4.98 Å². The lowest BCUT2D eigenvalue weighted by atomic mass is 9.83. The van der Waals surface area contributed by atoms with E-state index in [4.69, 9.17) is 5.73 Å². The van der Waals surface area contributed by atoms with Gasteiger partial charge in [0.1, 0.15) is 0 Å². The summed E-state index contributed by atoms with van der Waals surface area (Å²) in [5.41, 5.74) is 6.87. The van der Waals surface area contributed by atoms with E-state index >= 15 is 0 Å². The molecule has 1 aromatic heterocycles.